The van der Waals surface area contributed by atoms with Gasteiger partial charge in [-0.3, -0.25) is 4.79 Å². The summed E-state index contributed by atoms with van der Waals surface area (Å²) in [5.41, 5.74) is 6.72. The SMILES string of the molecule is NCCC(CCCCc1ccccc1)C(=O)O. The molecule has 1 atom stereocenters. The molecule has 17 heavy (non-hydrogen) atoms. The van der Waals surface area contributed by atoms with Gasteiger partial charge in [0, 0.05) is 0 Å². The molecular formula is C14H21NO2. The van der Waals surface area contributed by atoms with Crippen molar-refractivity contribution in [3.05, 3.63) is 35.9 Å². The van der Waals surface area contributed by atoms with Crippen molar-refractivity contribution in [2.45, 2.75) is 32.1 Å². The van der Waals surface area contributed by atoms with Gasteiger partial charge in [-0.15, -0.1) is 0 Å². The molecule has 0 amide bonds. The fourth-order valence-corrected chi connectivity index (χ4v) is 1.96. The van der Waals surface area contributed by atoms with E-state index in [9.17, 15) is 4.79 Å². The van der Waals surface area contributed by atoms with Gasteiger partial charge >= 0.3 is 5.97 Å². The van der Waals surface area contributed by atoms with Gasteiger partial charge in [-0.1, -0.05) is 36.8 Å². The molecule has 94 valence electrons. The predicted molar refractivity (Wildman–Crippen MR) is 68.8 cm³/mol. The third kappa shape index (κ3) is 5.50. The van der Waals surface area contributed by atoms with Gasteiger partial charge < -0.3 is 10.8 Å². The predicted octanol–water partition coefficient (Wildman–Crippen LogP) is 2.45. The number of carbonyl (C=O) groups is 1. The van der Waals surface area contributed by atoms with Crippen molar-refractivity contribution in [3.8, 4) is 0 Å². The van der Waals surface area contributed by atoms with Crippen LogP contribution in [0.1, 0.15) is 31.2 Å². The van der Waals surface area contributed by atoms with Gasteiger partial charge in [-0.2, -0.15) is 0 Å². The highest BCUT2D eigenvalue weighted by molar-refractivity contribution is 5.69. The van der Waals surface area contributed by atoms with E-state index in [2.05, 4.69) is 12.1 Å². The molecule has 0 heterocycles. The summed E-state index contributed by atoms with van der Waals surface area (Å²) in [6.07, 6.45) is 4.33. The Morgan fingerprint density at radius 3 is 2.47 bits per heavy atom. The zero-order valence-electron chi connectivity index (χ0n) is 10.1. The second-order valence-corrected chi connectivity index (χ2v) is 4.34. The van der Waals surface area contributed by atoms with E-state index in [0.29, 0.717) is 13.0 Å². The molecule has 0 aromatic heterocycles. The van der Waals surface area contributed by atoms with E-state index in [-0.39, 0.29) is 5.92 Å². The van der Waals surface area contributed by atoms with E-state index in [1.165, 1.54) is 5.56 Å². The third-order valence-electron chi connectivity index (χ3n) is 2.98. The summed E-state index contributed by atoms with van der Waals surface area (Å²) in [5, 5.41) is 8.97. The van der Waals surface area contributed by atoms with Gasteiger partial charge in [-0.25, -0.2) is 0 Å². The Morgan fingerprint density at radius 1 is 1.18 bits per heavy atom. The lowest BCUT2D eigenvalue weighted by atomic mass is 9.97. The molecule has 1 unspecified atom stereocenters. The van der Waals surface area contributed by atoms with Gasteiger partial charge in [0.05, 0.1) is 5.92 Å². The summed E-state index contributed by atoms with van der Waals surface area (Å²) in [7, 11) is 0. The molecule has 3 N–H and O–H groups in total. The third-order valence-corrected chi connectivity index (χ3v) is 2.98. The van der Waals surface area contributed by atoms with Crippen LogP contribution in [0.25, 0.3) is 0 Å². The number of aliphatic carboxylic acids is 1. The normalized spacial score (nSPS) is 12.3. The summed E-state index contributed by atoms with van der Waals surface area (Å²) in [4.78, 5) is 10.9. The van der Waals surface area contributed by atoms with Crippen LogP contribution in [-0.2, 0) is 11.2 Å². The van der Waals surface area contributed by atoms with E-state index < -0.39 is 5.97 Å². The van der Waals surface area contributed by atoms with Crippen molar-refractivity contribution < 1.29 is 9.90 Å². The van der Waals surface area contributed by atoms with Crippen molar-refractivity contribution in [1.82, 2.24) is 0 Å². The van der Waals surface area contributed by atoms with Crippen molar-refractivity contribution >= 4 is 5.97 Å². The van der Waals surface area contributed by atoms with Crippen LogP contribution < -0.4 is 5.73 Å². The Labute approximate surface area is 103 Å². The average molecular weight is 235 g/mol. The van der Waals surface area contributed by atoms with Crippen LogP contribution in [0.4, 0.5) is 0 Å². The summed E-state index contributed by atoms with van der Waals surface area (Å²) in [5.74, 6) is -0.981. The van der Waals surface area contributed by atoms with Gasteiger partial charge in [0.25, 0.3) is 0 Å². The average Bonchev–Trinajstić information content (AvgIpc) is 2.34. The monoisotopic (exact) mass is 235 g/mol. The second kappa shape index (κ2) is 7.85. The van der Waals surface area contributed by atoms with Crippen molar-refractivity contribution in [1.29, 1.82) is 0 Å². The van der Waals surface area contributed by atoms with Crippen LogP contribution in [0, 0.1) is 5.92 Å². The minimum Gasteiger partial charge on any atom is -0.481 e. The summed E-state index contributed by atoms with van der Waals surface area (Å²) >= 11 is 0. The number of rotatable bonds is 8. The van der Waals surface area contributed by atoms with Crippen LogP contribution in [0.15, 0.2) is 30.3 Å². The van der Waals surface area contributed by atoms with E-state index in [1.807, 2.05) is 18.2 Å². The molecule has 0 aliphatic carbocycles. The molecule has 0 spiro atoms. The molecule has 1 rings (SSSR count). The molecule has 0 aliphatic rings. The molecule has 0 bridgehead atoms. The maximum Gasteiger partial charge on any atom is 0.306 e. The number of hydrogen-bond donors (Lipinski definition) is 2. The van der Waals surface area contributed by atoms with E-state index >= 15 is 0 Å². The fraction of sp³-hybridized carbons (Fsp3) is 0.500. The number of hydrogen-bond acceptors (Lipinski definition) is 2. The summed E-state index contributed by atoms with van der Waals surface area (Å²) in [6, 6.07) is 10.3. The highest BCUT2D eigenvalue weighted by Gasteiger charge is 2.15. The molecule has 0 radical (unpaired) electrons. The lowest BCUT2D eigenvalue weighted by Gasteiger charge is -2.10. The maximum atomic E-state index is 10.9. The highest BCUT2D eigenvalue weighted by Crippen LogP contribution is 2.14. The quantitative estimate of drug-likeness (QED) is 0.680. The minimum absolute atomic E-state index is 0.268. The standard InChI is InChI=1S/C14H21NO2/c15-11-10-13(14(16)17)9-5-4-8-12-6-2-1-3-7-12/h1-3,6-7,13H,4-5,8-11,15H2,(H,16,17). The van der Waals surface area contributed by atoms with E-state index in [4.69, 9.17) is 10.8 Å². The largest absolute Gasteiger partial charge is 0.481 e. The van der Waals surface area contributed by atoms with Crippen LogP contribution in [0.2, 0.25) is 0 Å². The first-order chi connectivity index (χ1) is 8.24. The van der Waals surface area contributed by atoms with E-state index in [0.717, 1.165) is 25.7 Å². The zero-order chi connectivity index (χ0) is 12.5. The molecular weight excluding hydrogens is 214 g/mol. The second-order valence-electron chi connectivity index (χ2n) is 4.34. The van der Waals surface area contributed by atoms with E-state index in [1.54, 1.807) is 0 Å². The Hall–Kier alpha value is -1.35. The topological polar surface area (TPSA) is 63.3 Å². The molecule has 3 nitrogen and oxygen atoms in total. The fourth-order valence-electron chi connectivity index (χ4n) is 1.96. The Morgan fingerprint density at radius 2 is 1.88 bits per heavy atom. The lowest BCUT2D eigenvalue weighted by molar-refractivity contribution is -0.142. The molecule has 3 heteroatoms. The van der Waals surface area contributed by atoms with Crippen LogP contribution in [-0.4, -0.2) is 17.6 Å². The highest BCUT2D eigenvalue weighted by atomic mass is 16.4. The minimum atomic E-state index is -0.713. The molecule has 1 aromatic rings. The first kappa shape index (κ1) is 13.7. The maximum absolute atomic E-state index is 10.9. The molecule has 0 saturated heterocycles. The number of benzene rings is 1. The Balaban J connectivity index is 2.20. The zero-order valence-corrected chi connectivity index (χ0v) is 10.1. The molecule has 0 aliphatic heterocycles. The molecule has 0 fully saturated rings. The number of nitrogens with two attached hydrogens (primary N) is 1. The first-order valence-electron chi connectivity index (χ1n) is 6.21. The van der Waals surface area contributed by atoms with Gasteiger partial charge in [0.1, 0.15) is 0 Å². The lowest BCUT2D eigenvalue weighted by Crippen LogP contribution is -2.17. The van der Waals surface area contributed by atoms with Gasteiger partial charge in [0.15, 0.2) is 0 Å². The van der Waals surface area contributed by atoms with Gasteiger partial charge in [0.2, 0.25) is 0 Å². The number of carboxylic acid groups (broad SMARTS) is 1. The number of aryl methyl sites for hydroxylation is 1. The smallest absolute Gasteiger partial charge is 0.306 e. The first-order valence-corrected chi connectivity index (χ1v) is 6.21. The molecule has 1 aromatic carbocycles. The van der Waals surface area contributed by atoms with Crippen molar-refractivity contribution in [2.75, 3.05) is 6.54 Å². The van der Waals surface area contributed by atoms with Crippen LogP contribution in [0.3, 0.4) is 0 Å². The van der Waals surface area contributed by atoms with Gasteiger partial charge in [-0.05, 0) is 37.8 Å². The Kier molecular flexibility index (Phi) is 6.33. The summed E-state index contributed by atoms with van der Waals surface area (Å²) < 4.78 is 0. The van der Waals surface area contributed by atoms with Crippen LogP contribution in [0.5, 0.6) is 0 Å². The number of unbranched alkanes of at least 4 members (excludes halogenated alkanes) is 1. The van der Waals surface area contributed by atoms with Crippen molar-refractivity contribution in [2.24, 2.45) is 11.7 Å². The Bertz CT molecular complexity index is 324. The molecule has 0 saturated carbocycles. The van der Waals surface area contributed by atoms with Crippen LogP contribution >= 0.6 is 0 Å². The number of carboxylic acids is 1. The van der Waals surface area contributed by atoms with Crippen molar-refractivity contribution in [3.63, 3.8) is 0 Å². The summed E-state index contributed by atoms with van der Waals surface area (Å²) in [6.45, 7) is 0.454.